The third-order valence-electron chi connectivity index (χ3n) is 7.56. The number of nitrogens with one attached hydrogen (secondary N) is 2. The van der Waals surface area contributed by atoms with E-state index in [1.165, 1.54) is 30.4 Å². The molecule has 0 saturated heterocycles. The number of carbonyl (C=O) groups excluding carboxylic acids is 1. The number of benzene rings is 3. The molecule has 0 aliphatic heterocycles. The molecule has 4 rings (SSSR count). The van der Waals surface area contributed by atoms with Crippen molar-refractivity contribution >= 4 is 28.3 Å². The number of unbranched alkanes of at least 4 members (excludes halogenated alkanes) is 2. The van der Waals surface area contributed by atoms with Gasteiger partial charge in [0.2, 0.25) is 0 Å². The lowest BCUT2D eigenvalue weighted by atomic mass is 9.96. The van der Waals surface area contributed by atoms with Crippen LogP contribution in [-0.4, -0.2) is 28.5 Å². The maximum Gasteiger partial charge on any atom is 0.305 e. The first-order valence-electron chi connectivity index (χ1n) is 14.9. The van der Waals surface area contributed by atoms with Crippen molar-refractivity contribution in [1.29, 1.82) is 0 Å². The molecule has 1 amide bonds. The van der Waals surface area contributed by atoms with Crippen molar-refractivity contribution in [3.05, 3.63) is 95.1 Å². The molecular weight excluding hydrogens is 542 g/mol. The molecule has 4 aromatic rings. The molecule has 7 heteroatoms. The molecule has 0 fully saturated rings. The fourth-order valence-electron chi connectivity index (χ4n) is 4.73. The third-order valence-corrected chi connectivity index (χ3v) is 8.62. The van der Waals surface area contributed by atoms with Crippen molar-refractivity contribution in [3.63, 3.8) is 0 Å². The molecule has 1 atom stereocenters. The highest BCUT2D eigenvalue weighted by atomic mass is 32.1. The predicted molar refractivity (Wildman–Crippen MR) is 173 cm³/mol. The summed E-state index contributed by atoms with van der Waals surface area (Å²) in [6.45, 7) is 7.38. The molecule has 0 saturated carbocycles. The van der Waals surface area contributed by atoms with E-state index in [9.17, 15) is 9.59 Å². The number of thiazole rings is 1. The molecule has 0 spiro atoms. The number of aliphatic carboxylic acids is 1. The van der Waals surface area contributed by atoms with E-state index in [-0.39, 0.29) is 18.9 Å². The van der Waals surface area contributed by atoms with E-state index in [0.717, 1.165) is 45.2 Å². The maximum absolute atomic E-state index is 12.3. The van der Waals surface area contributed by atoms with Gasteiger partial charge in [-0.25, -0.2) is 4.98 Å². The van der Waals surface area contributed by atoms with Gasteiger partial charge in [-0.05, 0) is 59.6 Å². The van der Waals surface area contributed by atoms with Crippen LogP contribution in [0.1, 0.15) is 85.8 Å². The minimum atomic E-state index is -0.937. The van der Waals surface area contributed by atoms with E-state index in [1.807, 2.05) is 12.1 Å². The Hall–Kier alpha value is -3.97. The SMILES string of the molecule is CCCCCc1ccc(-c2nc(NCc3ccc(C(=O)NCCC(=O)O)cc3)sc2-c2ccc(C(C)CC)cc2)cc1. The highest BCUT2D eigenvalue weighted by Gasteiger charge is 2.16. The van der Waals surface area contributed by atoms with Crippen molar-refractivity contribution in [2.24, 2.45) is 0 Å². The van der Waals surface area contributed by atoms with Gasteiger partial charge in [0.05, 0.1) is 17.0 Å². The Kier molecular flexibility index (Phi) is 11.3. The molecule has 220 valence electrons. The van der Waals surface area contributed by atoms with Gasteiger partial charge in [-0.2, -0.15) is 0 Å². The molecule has 1 heterocycles. The molecule has 1 aromatic heterocycles. The lowest BCUT2D eigenvalue weighted by Gasteiger charge is -2.10. The Morgan fingerprint density at radius 3 is 2.19 bits per heavy atom. The molecule has 0 bridgehead atoms. The van der Waals surface area contributed by atoms with Crippen LogP contribution >= 0.6 is 11.3 Å². The van der Waals surface area contributed by atoms with Gasteiger partial charge in [-0.15, -0.1) is 0 Å². The van der Waals surface area contributed by atoms with Gasteiger partial charge in [0, 0.05) is 24.2 Å². The quantitative estimate of drug-likeness (QED) is 0.122. The van der Waals surface area contributed by atoms with Crippen LogP contribution in [0, 0.1) is 0 Å². The highest BCUT2D eigenvalue weighted by molar-refractivity contribution is 7.19. The van der Waals surface area contributed by atoms with Crippen molar-refractivity contribution in [2.75, 3.05) is 11.9 Å². The summed E-state index contributed by atoms with van der Waals surface area (Å²) in [6, 6.07) is 25.0. The van der Waals surface area contributed by atoms with E-state index in [4.69, 9.17) is 10.1 Å². The predicted octanol–water partition coefficient (Wildman–Crippen LogP) is 8.54. The Balaban J connectivity index is 1.51. The average Bonchev–Trinajstić information content (AvgIpc) is 3.44. The summed E-state index contributed by atoms with van der Waals surface area (Å²) in [5, 5.41) is 15.7. The smallest absolute Gasteiger partial charge is 0.305 e. The van der Waals surface area contributed by atoms with Gasteiger partial charge in [0.1, 0.15) is 0 Å². The minimum absolute atomic E-state index is 0.101. The first kappa shape index (κ1) is 31.0. The van der Waals surface area contributed by atoms with Crippen LogP contribution in [0.5, 0.6) is 0 Å². The molecule has 0 aliphatic carbocycles. The number of hydrogen-bond acceptors (Lipinski definition) is 5. The summed E-state index contributed by atoms with van der Waals surface area (Å²) >= 11 is 1.65. The zero-order valence-corrected chi connectivity index (χ0v) is 25.6. The summed E-state index contributed by atoms with van der Waals surface area (Å²) < 4.78 is 0. The number of aromatic nitrogens is 1. The van der Waals surface area contributed by atoms with Crippen molar-refractivity contribution in [2.45, 2.75) is 71.8 Å². The second-order valence-electron chi connectivity index (χ2n) is 10.7. The third kappa shape index (κ3) is 8.52. The van der Waals surface area contributed by atoms with E-state index >= 15 is 0 Å². The number of carboxylic acids is 1. The monoisotopic (exact) mass is 583 g/mol. The number of amides is 1. The normalized spacial score (nSPS) is 11.7. The number of anilines is 1. The van der Waals surface area contributed by atoms with Gasteiger partial charge in [-0.3, -0.25) is 9.59 Å². The lowest BCUT2D eigenvalue weighted by molar-refractivity contribution is -0.136. The number of carboxylic acid groups (broad SMARTS) is 1. The summed E-state index contributed by atoms with van der Waals surface area (Å²) in [5.41, 5.74) is 7.48. The Morgan fingerprint density at radius 2 is 1.55 bits per heavy atom. The molecular formula is C35H41N3O3S. The van der Waals surface area contributed by atoms with Gasteiger partial charge in [-0.1, -0.05) is 106 Å². The second kappa shape index (κ2) is 15.3. The number of hydrogen-bond donors (Lipinski definition) is 3. The first-order valence-corrected chi connectivity index (χ1v) is 15.7. The lowest BCUT2D eigenvalue weighted by Crippen LogP contribution is -2.25. The zero-order chi connectivity index (χ0) is 29.9. The summed E-state index contributed by atoms with van der Waals surface area (Å²) in [6.07, 6.45) is 5.80. The summed E-state index contributed by atoms with van der Waals surface area (Å²) in [4.78, 5) is 29.1. The molecule has 0 aliphatic rings. The van der Waals surface area contributed by atoms with Crippen molar-refractivity contribution in [1.82, 2.24) is 10.3 Å². The van der Waals surface area contributed by atoms with Crippen molar-refractivity contribution in [3.8, 4) is 21.7 Å². The topological polar surface area (TPSA) is 91.3 Å². The van der Waals surface area contributed by atoms with Crippen LogP contribution in [0.4, 0.5) is 5.13 Å². The average molecular weight is 584 g/mol. The van der Waals surface area contributed by atoms with Crippen LogP contribution in [0.25, 0.3) is 21.7 Å². The molecule has 6 nitrogen and oxygen atoms in total. The van der Waals surface area contributed by atoms with E-state index < -0.39 is 5.97 Å². The van der Waals surface area contributed by atoms with Gasteiger partial charge in [0.15, 0.2) is 5.13 Å². The summed E-state index contributed by atoms with van der Waals surface area (Å²) in [5.74, 6) is -0.687. The minimum Gasteiger partial charge on any atom is -0.481 e. The number of nitrogens with zero attached hydrogens (tertiary/aromatic N) is 1. The molecule has 42 heavy (non-hydrogen) atoms. The van der Waals surface area contributed by atoms with Crippen LogP contribution in [0.3, 0.4) is 0 Å². The van der Waals surface area contributed by atoms with Gasteiger partial charge >= 0.3 is 5.97 Å². The standard InChI is InChI=1S/C35H41N3O3S/c1-4-6-7-8-25-9-13-28(14-10-25)32-33(29-19-17-27(18-20-29)24(3)5-2)42-35(38-32)37-23-26-11-15-30(16-12-26)34(41)36-22-21-31(39)40/h9-20,24H,4-8,21-23H2,1-3H3,(H,36,41)(H,37,38)(H,39,40). The zero-order valence-electron chi connectivity index (χ0n) is 24.8. The number of carbonyl (C=O) groups is 2. The van der Waals surface area contributed by atoms with E-state index in [2.05, 4.69) is 79.9 Å². The first-order chi connectivity index (χ1) is 20.4. The fourth-order valence-corrected chi connectivity index (χ4v) is 5.72. The van der Waals surface area contributed by atoms with Crippen LogP contribution in [-0.2, 0) is 17.8 Å². The Bertz CT molecular complexity index is 1440. The number of rotatable bonds is 15. The number of aryl methyl sites for hydroxylation is 1. The van der Waals surface area contributed by atoms with Crippen LogP contribution < -0.4 is 10.6 Å². The van der Waals surface area contributed by atoms with Crippen molar-refractivity contribution < 1.29 is 14.7 Å². The Labute approximate surface area is 253 Å². The fraction of sp³-hybridized carbons (Fsp3) is 0.343. The highest BCUT2D eigenvalue weighted by Crippen LogP contribution is 2.40. The van der Waals surface area contributed by atoms with Gasteiger partial charge in [0.25, 0.3) is 5.91 Å². The molecule has 0 radical (unpaired) electrons. The maximum atomic E-state index is 12.3. The molecule has 3 N–H and O–H groups in total. The molecule has 3 aromatic carbocycles. The second-order valence-corrected chi connectivity index (χ2v) is 11.7. The van der Waals surface area contributed by atoms with Crippen LogP contribution in [0.2, 0.25) is 0 Å². The largest absolute Gasteiger partial charge is 0.481 e. The van der Waals surface area contributed by atoms with E-state index in [1.54, 1.807) is 23.5 Å². The van der Waals surface area contributed by atoms with E-state index in [0.29, 0.717) is 18.0 Å². The summed E-state index contributed by atoms with van der Waals surface area (Å²) in [7, 11) is 0. The van der Waals surface area contributed by atoms with Crippen LogP contribution in [0.15, 0.2) is 72.8 Å². The van der Waals surface area contributed by atoms with Gasteiger partial charge < -0.3 is 15.7 Å². The Morgan fingerprint density at radius 1 is 0.881 bits per heavy atom. The molecule has 1 unspecified atom stereocenters.